The van der Waals surface area contributed by atoms with E-state index in [4.69, 9.17) is 16.7 Å². The third kappa shape index (κ3) is 3.16. The lowest BCUT2D eigenvalue weighted by molar-refractivity contribution is -0.137. The topological polar surface area (TPSA) is 73.4 Å². The van der Waals surface area contributed by atoms with Crippen LogP contribution in [-0.2, 0) is 4.79 Å². The molecular weight excluding hydrogens is 299 g/mol. The second kappa shape index (κ2) is 6.13. The van der Waals surface area contributed by atoms with Gasteiger partial charge >= 0.3 is 5.97 Å². The summed E-state index contributed by atoms with van der Waals surface area (Å²) in [6, 6.07) is 3.96. The van der Waals surface area contributed by atoms with Crippen LogP contribution in [0.1, 0.15) is 23.8 Å². The Bertz CT molecular complexity index is 699. The van der Waals surface area contributed by atoms with E-state index < -0.39 is 24.2 Å². The number of carboxylic acid groups (broad SMARTS) is 1. The summed E-state index contributed by atoms with van der Waals surface area (Å²) in [6.07, 6.45) is 0.617. The van der Waals surface area contributed by atoms with E-state index >= 15 is 0 Å². The molecule has 0 aliphatic carbocycles. The standard InChI is InChI=1S/C14H14ClFN2O3/c1-2-5-18(7-11(19)20)14(21)13-12(15)9-6-8(16)3-4-10(9)17-13/h3-4,6,17H,2,5,7H2,1H3,(H,19,20). The van der Waals surface area contributed by atoms with Crippen molar-refractivity contribution >= 4 is 34.4 Å². The van der Waals surface area contributed by atoms with Crippen molar-refractivity contribution in [2.45, 2.75) is 13.3 Å². The SMILES string of the molecule is CCCN(CC(=O)O)C(=O)c1[nH]c2ccc(F)cc2c1Cl. The molecule has 0 unspecified atom stereocenters. The number of benzene rings is 1. The molecule has 0 aliphatic heterocycles. The fraction of sp³-hybridized carbons (Fsp3) is 0.286. The van der Waals surface area contributed by atoms with Gasteiger partial charge in [0.2, 0.25) is 0 Å². The number of carbonyl (C=O) groups excluding carboxylic acids is 1. The normalized spacial score (nSPS) is 10.8. The van der Waals surface area contributed by atoms with Crippen LogP contribution >= 0.6 is 11.6 Å². The Kier molecular flexibility index (Phi) is 4.47. The van der Waals surface area contributed by atoms with Crippen molar-refractivity contribution in [3.05, 3.63) is 34.7 Å². The lowest BCUT2D eigenvalue weighted by Crippen LogP contribution is -2.36. The molecule has 2 N–H and O–H groups in total. The quantitative estimate of drug-likeness (QED) is 0.891. The minimum Gasteiger partial charge on any atom is -0.480 e. The predicted molar refractivity (Wildman–Crippen MR) is 77.1 cm³/mol. The highest BCUT2D eigenvalue weighted by atomic mass is 35.5. The molecule has 0 saturated heterocycles. The summed E-state index contributed by atoms with van der Waals surface area (Å²) in [5, 5.41) is 9.36. The summed E-state index contributed by atoms with van der Waals surface area (Å²) in [5.74, 6) is -2.07. The molecule has 2 aromatic rings. The highest BCUT2D eigenvalue weighted by Crippen LogP contribution is 2.28. The van der Waals surface area contributed by atoms with E-state index in [1.807, 2.05) is 6.92 Å². The van der Waals surface area contributed by atoms with Gasteiger partial charge in [-0.05, 0) is 24.6 Å². The Morgan fingerprint density at radius 2 is 2.14 bits per heavy atom. The first kappa shape index (κ1) is 15.3. The molecule has 1 heterocycles. The molecule has 1 aromatic heterocycles. The first-order valence-electron chi connectivity index (χ1n) is 6.41. The Hall–Kier alpha value is -2.08. The van der Waals surface area contributed by atoms with Gasteiger partial charge in [-0.2, -0.15) is 0 Å². The molecular formula is C14H14ClFN2O3. The first-order valence-corrected chi connectivity index (χ1v) is 6.79. The average Bonchev–Trinajstić information content (AvgIpc) is 2.74. The van der Waals surface area contributed by atoms with Gasteiger partial charge in [0, 0.05) is 17.4 Å². The molecule has 0 fully saturated rings. The van der Waals surface area contributed by atoms with Crippen LogP contribution in [0.4, 0.5) is 4.39 Å². The van der Waals surface area contributed by atoms with E-state index in [-0.39, 0.29) is 10.7 Å². The van der Waals surface area contributed by atoms with Gasteiger partial charge in [-0.15, -0.1) is 0 Å². The molecule has 0 aliphatic rings. The summed E-state index contributed by atoms with van der Waals surface area (Å²) >= 11 is 6.11. The Morgan fingerprint density at radius 3 is 2.76 bits per heavy atom. The molecule has 5 nitrogen and oxygen atoms in total. The van der Waals surface area contributed by atoms with Gasteiger partial charge < -0.3 is 15.0 Å². The molecule has 0 spiro atoms. The zero-order valence-corrected chi connectivity index (χ0v) is 12.1. The van der Waals surface area contributed by atoms with E-state index in [2.05, 4.69) is 4.98 Å². The number of fused-ring (bicyclic) bond motifs is 1. The predicted octanol–water partition coefficient (Wildman–Crippen LogP) is 2.90. The fourth-order valence-electron chi connectivity index (χ4n) is 2.12. The number of aromatic amines is 1. The number of H-pyrrole nitrogens is 1. The van der Waals surface area contributed by atoms with E-state index in [0.29, 0.717) is 23.9 Å². The summed E-state index contributed by atoms with van der Waals surface area (Å²) in [4.78, 5) is 27.2. The maximum atomic E-state index is 13.2. The molecule has 0 saturated carbocycles. The molecule has 0 bridgehead atoms. The van der Waals surface area contributed by atoms with Crippen LogP contribution in [0.15, 0.2) is 18.2 Å². The Balaban J connectivity index is 2.41. The number of carboxylic acids is 1. The average molecular weight is 313 g/mol. The van der Waals surface area contributed by atoms with Crippen molar-refractivity contribution < 1.29 is 19.1 Å². The molecule has 112 valence electrons. The number of aliphatic carboxylic acids is 1. The van der Waals surface area contributed by atoms with Crippen molar-refractivity contribution in [2.24, 2.45) is 0 Å². The van der Waals surface area contributed by atoms with Crippen molar-refractivity contribution in [1.29, 1.82) is 0 Å². The van der Waals surface area contributed by atoms with Crippen LogP contribution in [0.3, 0.4) is 0 Å². The second-order valence-corrected chi connectivity index (χ2v) is 5.00. The van der Waals surface area contributed by atoms with Crippen molar-refractivity contribution in [3.63, 3.8) is 0 Å². The minimum absolute atomic E-state index is 0.0759. The summed E-state index contributed by atoms with van der Waals surface area (Å²) in [7, 11) is 0. The maximum Gasteiger partial charge on any atom is 0.323 e. The van der Waals surface area contributed by atoms with Gasteiger partial charge in [0.25, 0.3) is 5.91 Å². The zero-order valence-electron chi connectivity index (χ0n) is 11.3. The van der Waals surface area contributed by atoms with E-state index in [1.54, 1.807) is 0 Å². The number of amides is 1. The van der Waals surface area contributed by atoms with Crippen molar-refractivity contribution in [3.8, 4) is 0 Å². The van der Waals surface area contributed by atoms with Gasteiger partial charge in [-0.1, -0.05) is 18.5 Å². The van der Waals surface area contributed by atoms with Crippen LogP contribution < -0.4 is 0 Å². The third-order valence-corrected chi connectivity index (χ3v) is 3.41. The van der Waals surface area contributed by atoms with Gasteiger partial charge in [0.1, 0.15) is 18.1 Å². The number of nitrogens with zero attached hydrogens (tertiary/aromatic N) is 1. The van der Waals surface area contributed by atoms with Crippen LogP contribution in [0.5, 0.6) is 0 Å². The van der Waals surface area contributed by atoms with E-state index in [9.17, 15) is 14.0 Å². The number of halogens is 2. The van der Waals surface area contributed by atoms with E-state index in [0.717, 1.165) is 0 Å². The highest BCUT2D eigenvalue weighted by Gasteiger charge is 2.23. The molecule has 2 rings (SSSR count). The summed E-state index contributed by atoms with van der Waals surface area (Å²) < 4.78 is 13.2. The third-order valence-electron chi connectivity index (χ3n) is 3.02. The zero-order chi connectivity index (χ0) is 15.6. The molecule has 0 atom stereocenters. The number of rotatable bonds is 5. The molecule has 0 radical (unpaired) electrons. The lowest BCUT2D eigenvalue weighted by atomic mass is 10.2. The molecule has 1 amide bonds. The van der Waals surface area contributed by atoms with Crippen molar-refractivity contribution in [1.82, 2.24) is 9.88 Å². The Labute approximate surface area is 125 Å². The number of hydrogen-bond donors (Lipinski definition) is 2. The van der Waals surface area contributed by atoms with Gasteiger partial charge in [0.15, 0.2) is 0 Å². The maximum absolute atomic E-state index is 13.2. The fourth-order valence-corrected chi connectivity index (χ4v) is 2.41. The Morgan fingerprint density at radius 1 is 1.43 bits per heavy atom. The van der Waals surface area contributed by atoms with Crippen LogP contribution in [0.2, 0.25) is 5.02 Å². The van der Waals surface area contributed by atoms with Crippen LogP contribution in [-0.4, -0.2) is 40.0 Å². The number of nitrogens with one attached hydrogen (secondary N) is 1. The number of aromatic nitrogens is 1. The van der Waals surface area contributed by atoms with Crippen molar-refractivity contribution in [2.75, 3.05) is 13.1 Å². The van der Waals surface area contributed by atoms with Gasteiger partial charge in [0.05, 0.1) is 5.02 Å². The minimum atomic E-state index is -1.10. The highest BCUT2D eigenvalue weighted by molar-refractivity contribution is 6.38. The second-order valence-electron chi connectivity index (χ2n) is 4.62. The molecule has 21 heavy (non-hydrogen) atoms. The van der Waals surface area contributed by atoms with Gasteiger partial charge in [-0.3, -0.25) is 9.59 Å². The van der Waals surface area contributed by atoms with Gasteiger partial charge in [-0.25, -0.2) is 4.39 Å². The summed E-state index contributed by atoms with van der Waals surface area (Å²) in [6.45, 7) is 1.72. The number of carbonyl (C=O) groups is 2. The summed E-state index contributed by atoms with van der Waals surface area (Å²) in [5.41, 5.74) is 0.600. The smallest absolute Gasteiger partial charge is 0.323 e. The van der Waals surface area contributed by atoms with Crippen LogP contribution in [0, 0.1) is 5.82 Å². The monoisotopic (exact) mass is 312 g/mol. The largest absolute Gasteiger partial charge is 0.480 e. The molecule has 7 heteroatoms. The lowest BCUT2D eigenvalue weighted by Gasteiger charge is -2.19. The number of hydrogen-bond acceptors (Lipinski definition) is 2. The van der Waals surface area contributed by atoms with E-state index in [1.165, 1.54) is 23.1 Å². The van der Waals surface area contributed by atoms with Crippen LogP contribution in [0.25, 0.3) is 10.9 Å². The first-order chi connectivity index (χ1) is 9.93. The molecule has 1 aromatic carbocycles.